The maximum atomic E-state index is 11.2. The standard InChI is InChI=1S/C9H11NO3/c1-3-4-13-6-7-5-8(11)10(2)9(7)12/h3-4,6H,5H2,1-2H3. The number of carbonyl (C=O) groups is 2. The van der Waals surface area contributed by atoms with Crippen molar-refractivity contribution < 1.29 is 14.3 Å². The highest BCUT2D eigenvalue weighted by Crippen LogP contribution is 2.16. The third kappa shape index (κ3) is 1.96. The first kappa shape index (κ1) is 9.51. The summed E-state index contributed by atoms with van der Waals surface area (Å²) in [5.74, 6) is -0.477. The number of likely N-dealkylation sites (tertiary alicyclic amines) is 1. The summed E-state index contributed by atoms with van der Waals surface area (Å²) in [5, 5.41) is 0. The molecular weight excluding hydrogens is 170 g/mol. The minimum absolute atomic E-state index is 0.132. The Hall–Kier alpha value is -1.58. The van der Waals surface area contributed by atoms with Gasteiger partial charge in [0, 0.05) is 7.05 Å². The third-order valence-electron chi connectivity index (χ3n) is 1.72. The van der Waals surface area contributed by atoms with Crippen molar-refractivity contribution in [1.29, 1.82) is 0 Å². The fourth-order valence-corrected chi connectivity index (χ4v) is 0.978. The molecule has 0 atom stereocenters. The van der Waals surface area contributed by atoms with E-state index in [0.29, 0.717) is 5.57 Å². The molecule has 0 spiro atoms. The van der Waals surface area contributed by atoms with Crippen LogP contribution in [0.15, 0.2) is 24.2 Å². The number of carbonyl (C=O) groups excluding carboxylic acids is 2. The van der Waals surface area contributed by atoms with Crippen LogP contribution in [0.3, 0.4) is 0 Å². The number of likely N-dealkylation sites (N-methyl/N-ethyl adjacent to an activating group) is 1. The van der Waals surface area contributed by atoms with Gasteiger partial charge in [0.2, 0.25) is 5.91 Å². The zero-order chi connectivity index (χ0) is 9.84. The second-order valence-electron chi connectivity index (χ2n) is 2.68. The Labute approximate surface area is 76.5 Å². The van der Waals surface area contributed by atoms with Gasteiger partial charge in [-0.05, 0) is 6.92 Å². The summed E-state index contributed by atoms with van der Waals surface area (Å²) in [6.07, 6.45) is 4.59. The lowest BCUT2D eigenvalue weighted by molar-refractivity contribution is -0.135. The highest BCUT2D eigenvalue weighted by Gasteiger charge is 2.30. The highest BCUT2D eigenvalue weighted by atomic mass is 16.5. The van der Waals surface area contributed by atoms with E-state index in [-0.39, 0.29) is 18.2 Å². The minimum atomic E-state index is -0.283. The SMILES string of the molecule is CC=COC=C1CC(=O)N(C)C1=O. The number of rotatable bonds is 2. The molecule has 1 aliphatic rings. The van der Waals surface area contributed by atoms with Crippen LogP contribution in [-0.4, -0.2) is 23.8 Å². The summed E-state index contributed by atoms with van der Waals surface area (Å²) < 4.78 is 4.89. The summed E-state index contributed by atoms with van der Waals surface area (Å²) in [5.41, 5.74) is 0.394. The number of amides is 2. The van der Waals surface area contributed by atoms with Crippen LogP contribution in [0, 0.1) is 0 Å². The molecule has 1 rings (SSSR count). The van der Waals surface area contributed by atoms with Gasteiger partial charge in [0.05, 0.1) is 24.5 Å². The fourth-order valence-electron chi connectivity index (χ4n) is 0.978. The fraction of sp³-hybridized carbons (Fsp3) is 0.333. The van der Waals surface area contributed by atoms with Gasteiger partial charge in [-0.25, -0.2) is 0 Å². The number of ether oxygens (including phenoxy) is 1. The molecular formula is C9H11NO3. The van der Waals surface area contributed by atoms with E-state index < -0.39 is 0 Å². The van der Waals surface area contributed by atoms with Crippen molar-refractivity contribution in [2.24, 2.45) is 0 Å². The van der Waals surface area contributed by atoms with Crippen LogP contribution in [0.5, 0.6) is 0 Å². The maximum Gasteiger partial charge on any atom is 0.259 e. The van der Waals surface area contributed by atoms with E-state index in [1.54, 1.807) is 13.0 Å². The van der Waals surface area contributed by atoms with E-state index in [1.807, 2.05) is 0 Å². The van der Waals surface area contributed by atoms with Gasteiger partial charge < -0.3 is 4.74 Å². The Morgan fingerprint density at radius 3 is 2.62 bits per heavy atom. The summed E-state index contributed by atoms with van der Waals surface area (Å²) in [4.78, 5) is 23.3. The van der Waals surface area contributed by atoms with Gasteiger partial charge in [-0.15, -0.1) is 0 Å². The molecule has 0 aliphatic carbocycles. The van der Waals surface area contributed by atoms with Crippen LogP contribution in [-0.2, 0) is 14.3 Å². The van der Waals surface area contributed by atoms with E-state index >= 15 is 0 Å². The van der Waals surface area contributed by atoms with Gasteiger partial charge in [-0.3, -0.25) is 14.5 Å². The molecule has 13 heavy (non-hydrogen) atoms. The first-order valence-corrected chi connectivity index (χ1v) is 3.93. The lowest BCUT2D eigenvalue weighted by Gasteiger charge is -2.02. The van der Waals surface area contributed by atoms with Crippen molar-refractivity contribution in [2.75, 3.05) is 7.05 Å². The third-order valence-corrected chi connectivity index (χ3v) is 1.72. The van der Waals surface area contributed by atoms with E-state index in [9.17, 15) is 9.59 Å². The first-order chi connectivity index (χ1) is 6.16. The van der Waals surface area contributed by atoms with Crippen molar-refractivity contribution in [3.8, 4) is 0 Å². The van der Waals surface area contributed by atoms with Crippen molar-refractivity contribution in [3.63, 3.8) is 0 Å². The quantitative estimate of drug-likeness (QED) is 0.360. The van der Waals surface area contributed by atoms with Crippen LogP contribution in [0.1, 0.15) is 13.3 Å². The number of hydrogen-bond donors (Lipinski definition) is 0. The Balaban J connectivity index is 2.68. The Kier molecular flexibility index (Phi) is 2.84. The molecule has 70 valence electrons. The average Bonchev–Trinajstić information content (AvgIpc) is 2.34. The molecule has 0 saturated carbocycles. The minimum Gasteiger partial charge on any atom is -0.472 e. The molecule has 0 bridgehead atoms. The molecule has 2 amide bonds. The van der Waals surface area contributed by atoms with Gasteiger partial charge in [0.15, 0.2) is 0 Å². The normalized spacial score (nSPS) is 20.8. The van der Waals surface area contributed by atoms with Crippen LogP contribution in [0.25, 0.3) is 0 Å². The molecule has 0 aromatic carbocycles. The Bertz CT molecular complexity index is 291. The van der Waals surface area contributed by atoms with Crippen LogP contribution >= 0.6 is 0 Å². The molecule has 0 aromatic heterocycles. The zero-order valence-electron chi connectivity index (χ0n) is 7.61. The highest BCUT2D eigenvalue weighted by molar-refractivity contribution is 6.12. The molecule has 1 fully saturated rings. The van der Waals surface area contributed by atoms with Crippen molar-refractivity contribution >= 4 is 11.8 Å². The molecule has 1 saturated heterocycles. The maximum absolute atomic E-state index is 11.2. The van der Waals surface area contributed by atoms with Gasteiger partial charge in [-0.1, -0.05) is 6.08 Å². The summed E-state index contributed by atoms with van der Waals surface area (Å²) in [7, 11) is 1.46. The monoisotopic (exact) mass is 181 g/mol. The van der Waals surface area contributed by atoms with Gasteiger partial charge in [0.1, 0.15) is 0 Å². The summed E-state index contributed by atoms with van der Waals surface area (Å²) in [6, 6.07) is 0. The molecule has 0 aromatic rings. The lowest BCUT2D eigenvalue weighted by Crippen LogP contribution is -2.23. The first-order valence-electron chi connectivity index (χ1n) is 3.93. The summed E-state index contributed by atoms with van der Waals surface area (Å²) >= 11 is 0. The Morgan fingerprint density at radius 1 is 1.46 bits per heavy atom. The van der Waals surface area contributed by atoms with Crippen molar-refractivity contribution in [3.05, 3.63) is 24.2 Å². The Morgan fingerprint density at radius 2 is 2.15 bits per heavy atom. The van der Waals surface area contributed by atoms with Gasteiger partial charge in [0.25, 0.3) is 5.91 Å². The largest absolute Gasteiger partial charge is 0.472 e. The lowest BCUT2D eigenvalue weighted by atomic mass is 10.2. The van der Waals surface area contributed by atoms with E-state index in [4.69, 9.17) is 4.74 Å². The number of allylic oxidation sites excluding steroid dienone is 1. The summed E-state index contributed by atoms with van der Waals surface area (Å²) in [6.45, 7) is 1.80. The number of hydrogen-bond acceptors (Lipinski definition) is 3. The molecule has 4 heteroatoms. The van der Waals surface area contributed by atoms with Crippen molar-refractivity contribution in [1.82, 2.24) is 4.90 Å². The van der Waals surface area contributed by atoms with E-state index in [0.717, 1.165) is 4.90 Å². The van der Waals surface area contributed by atoms with E-state index in [2.05, 4.69) is 0 Å². The second-order valence-corrected chi connectivity index (χ2v) is 2.68. The molecule has 1 aliphatic heterocycles. The molecule has 0 unspecified atom stereocenters. The van der Waals surface area contributed by atoms with Crippen molar-refractivity contribution in [2.45, 2.75) is 13.3 Å². The van der Waals surface area contributed by atoms with E-state index in [1.165, 1.54) is 19.6 Å². The topological polar surface area (TPSA) is 46.6 Å². The smallest absolute Gasteiger partial charge is 0.259 e. The zero-order valence-corrected chi connectivity index (χ0v) is 7.61. The van der Waals surface area contributed by atoms with Crippen LogP contribution in [0.4, 0.5) is 0 Å². The second kappa shape index (κ2) is 3.89. The molecule has 1 heterocycles. The molecule has 0 radical (unpaired) electrons. The predicted octanol–water partition coefficient (Wildman–Crippen LogP) is 0.809. The van der Waals surface area contributed by atoms with Crippen LogP contribution in [0.2, 0.25) is 0 Å². The predicted molar refractivity (Wildman–Crippen MR) is 46.4 cm³/mol. The van der Waals surface area contributed by atoms with Crippen LogP contribution < -0.4 is 0 Å². The number of imide groups is 1. The molecule has 0 N–H and O–H groups in total. The van der Waals surface area contributed by atoms with Gasteiger partial charge >= 0.3 is 0 Å². The number of nitrogens with zero attached hydrogens (tertiary/aromatic N) is 1. The molecule has 4 nitrogen and oxygen atoms in total. The average molecular weight is 181 g/mol. The van der Waals surface area contributed by atoms with Gasteiger partial charge in [-0.2, -0.15) is 0 Å².